The number of rotatable bonds is 8. The van der Waals surface area contributed by atoms with Crippen LogP contribution in [0.5, 0.6) is 23.0 Å². The maximum Gasteiger partial charge on any atom is 0.315 e. The first-order valence-corrected chi connectivity index (χ1v) is 13.8. The lowest BCUT2D eigenvalue weighted by Gasteiger charge is -2.37. The second-order valence-electron chi connectivity index (χ2n) is 10.7. The van der Waals surface area contributed by atoms with E-state index in [1.54, 1.807) is 34.5 Å². The van der Waals surface area contributed by atoms with E-state index in [2.05, 4.69) is 0 Å². The summed E-state index contributed by atoms with van der Waals surface area (Å²) >= 11 is 0. The Kier molecular flexibility index (Phi) is 8.14. The number of esters is 1. The Bertz CT molecular complexity index is 1360. The van der Waals surface area contributed by atoms with Crippen molar-refractivity contribution in [3.8, 4) is 23.0 Å². The maximum atomic E-state index is 14.0. The van der Waals surface area contributed by atoms with Crippen LogP contribution >= 0.6 is 0 Å². The molecular weight excluding hydrogens is 510 g/mol. The second kappa shape index (κ2) is 11.7. The minimum Gasteiger partial charge on any atom is -0.497 e. The Morgan fingerprint density at radius 3 is 2.25 bits per heavy atom. The van der Waals surface area contributed by atoms with Gasteiger partial charge in [-0.1, -0.05) is 12.1 Å². The average molecular weight is 548 g/mol. The molecule has 2 aromatic rings. The topological polar surface area (TPSA) is 92.7 Å². The fraction of sp³-hybridized carbons (Fsp3) is 0.469. The second-order valence-corrected chi connectivity index (χ2v) is 10.7. The molecule has 0 bridgehead atoms. The molecule has 212 valence electrons. The first-order chi connectivity index (χ1) is 19.4. The Hall–Kier alpha value is -3.81. The van der Waals surface area contributed by atoms with Gasteiger partial charge in [0.2, 0.25) is 0 Å². The fourth-order valence-electron chi connectivity index (χ4n) is 6.36. The molecule has 8 nitrogen and oxygen atoms in total. The molecule has 1 aliphatic heterocycles. The van der Waals surface area contributed by atoms with Crippen molar-refractivity contribution in [2.75, 3.05) is 28.4 Å². The lowest BCUT2D eigenvalue weighted by Crippen LogP contribution is -2.39. The molecule has 1 unspecified atom stereocenters. The molecule has 0 saturated heterocycles. The molecule has 1 heterocycles. The van der Waals surface area contributed by atoms with Crippen LogP contribution in [0.4, 0.5) is 0 Å². The zero-order valence-corrected chi connectivity index (χ0v) is 23.8. The van der Waals surface area contributed by atoms with Crippen LogP contribution in [0.1, 0.15) is 68.4 Å². The molecule has 0 aromatic heterocycles. The largest absolute Gasteiger partial charge is 0.497 e. The van der Waals surface area contributed by atoms with E-state index >= 15 is 0 Å². The highest BCUT2D eigenvalue weighted by atomic mass is 16.5. The molecular formula is C32H37NO7. The van der Waals surface area contributed by atoms with Gasteiger partial charge >= 0.3 is 5.97 Å². The van der Waals surface area contributed by atoms with Gasteiger partial charge in [-0.2, -0.15) is 0 Å². The van der Waals surface area contributed by atoms with E-state index < -0.39 is 11.8 Å². The van der Waals surface area contributed by atoms with Crippen molar-refractivity contribution in [3.63, 3.8) is 0 Å². The van der Waals surface area contributed by atoms with Gasteiger partial charge in [0.1, 0.15) is 23.5 Å². The van der Waals surface area contributed by atoms with Gasteiger partial charge in [-0.25, -0.2) is 0 Å². The fourth-order valence-corrected chi connectivity index (χ4v) is 6.36. The smallest absolute Gasteiger partial charge is 0.315 e. The molecule has 8 heteroatoms. The zero-order valence-electron chi connectivity index (χ0n) is 23.8. The van der Waals surface area contributed by atoms with E-state index in [1.807, 2.05) is 37.3 Å². The number of carbonyl (C=O) groups is 2. The van der Waals surface area contributed by atoms with Crippen molar-refractivity contribution in [2.45, 2.75) is 63.4 Å². The van der Waals surface area contributed by atoms with Crippen molar-refractivity contribution in [2.24, 2.45) is 10.9 Å². The molecule has 40 heavy (non-hydrogen) atoms. The number of hydrogen-bond acceptors (Lipinski definition) is 8. The van der Waals surface area contributed by atoms with Gasteiger partial charge in [0, 0.05) is 41.0 Å². The molecule has 0 radical (unpaired) electrons. The molecule has 0 spiro atoms. The Morgan fingerprint density at radius 2 is 1.57 bits per heavy atom. The first-order valence-electron chi connectivity index (χ1n) is 13.8. The molecule has 3 atom stereocenters. The van der Waals surface area contributed by atoms with Crippen LogP contribution in [0.2, 0.25) is 0 Å². The van der Waals surface area contributed by atoms with Crippen molar-refractivity contribution < 1.29 is 33.3 Å². The average Bonchev–Trinajstić information content (AvgIpc) is 3.48. The van der Waals surface area contributed by atoms with E-state index in [-0.39, 0.29) is 23.8 Å². The van der Waals surface area contributed by atoms with Gasteiger partial charge in [0.15, 0.2) is 17.3 Å². The number of aliphatic imine (C=N–C) groups is 1. The molecule has 2 aliphatic carbocycles. The Morgan fingerprint density at radius 1 is 0.850 bits per heavy atom. The molecule has 0 N–H and O–H groups in total. The summed E-state index contributed by atoms with van der Waals surface area (Å²) in [7, 11) is 6.37. The molecule has 0 amide bonds. The third-order valence-electron chi connectivity index (χ3n) is 8.38. The number of hydrogen-bond donors (Lipinski definition) is 0. The summed E-state index contributed by atoms with van der Waals surface area (Å²) in [5.41, 5.74) is 3.65. The quantitative estimate of drug-likeness (QED) is 0.387. The number of allylic oxidation sites excluding steroid dienone is 2. The number of Topliss-reactive ketones (excluding diaryl/α,β-unsaturated/α-hetero) is 1. The number of carbonyl (C=O) groups excluding carboxylic acids is 2. The van der Waals surface area contributed by atoms with Crippen LogP contribution in [-0.2, 0) is 14.3 Å². The van der Waals surface area contributed by atoms with Crippen molar-refractivity contribution in [1.29, 1.82) is 0 Å². The minimum absolute atomic E-state index is 0.0289. The Balaban J connectivity index is 1.57. The first kappa shape index (κ1) is 27.7. The highest BCUT2D eigenvalue weighted by Gasteiger charge is 2.46. The van der Waals surface area contributed by atoms with Gasteiger partial charge in [0.05, 0.1) is 28.4 Å². The standard InChI is InChI=1S/C32H37NO7/c1-18-29(32(35)40-21-8-6-7-9-21)30(23-12-11-22(36-2)17-27(23)38-4)31-24(33-18)14-20(15-25(31)34)19-10-13-26(37-3)28(16-19)39-5/h10-13,16-17,20-21,29-30H,6-9,14-15H2,1-5H3/t20-,29?,30+/m0/s1. The number of nitrogens with zero attached hydrogens (tertiary/aromatic N) is 1. The normalized spacial score (nSPS) is 22.9. The predicted molar refractivity (Wildman–Crippen MR) is 151 cm³/mol. The van der Waals surface area contributed by atoms with Crippen LogP contribution < -0.4 is 18.9 Å². The molecule has 1 fully saturated rings. The molecule has 3 aliphatic rings. The van der Waals surface area contributed by atoms with E-state index in [4.69, 9.17) is 28.7 Å². The van der Waals surface area contributed by atoms with Gasteiger partial charge in [-0.15, -0.1) is 0 Å². The number of methoxy groups -OCH3 is 4. The van der Waals surface area contributed by atoms with Crippen molar-refractivity contribution in [1.82, 2.24) is 0 Å². The SMILES string of the molecule is COc1ccc([C@H]2C3=C(C[C@H](c4ccc(OC)c(OC)c4)CC3=O)N=C(C)C2C(=O)OC2CCCC2)c(OC)c1. The number of ether oxygens (including phenoxy) is 5. The van der Waals surface area contributed by atoms with Crippen LogP contribution in [-0.4, -0.2) is 52.0 Å². The highest BCUT2D eigenvalue weighted by molar-refractivity contribution is 6.09. The van der Waals surface area contributed by atoms with Gasteiger partial charge < -0.3 is 23.7 Å². The maximum absolute atomic E-state index is 14.0. The van der Waals surface area contributed by atoms with Gasteiger partial charge in [0.25, 0.3) is 0 Å². The number of ketones is 1. The molecule has 1 saturated carbocycles. The van der Waals surface area contributed by atoms with E-state index in [1.165, 1.54) is 0 Å². The third kappa shape index (κ3) is 5.19. The van der Waals surface area contributed by atoms with E-state index in [9.17, 15) is 9.59 Å². The summed E-state index contributed by atoms with van der Waals surface area (Å²) in [6.45, 7) is 1.86. The van der Waals surface area contributed by atoms with Crippen LogP contribution in [0.25, 0.3) is 0 Å². The lowest BCUT2D eigenvalue weighted by molar-refractivity contribution is -0.151. The summed E-state index contributed by atoms with van der Waals surface area (Å²) in [6, 6.07) is 11.3. The van der Waals surface area contributed by atoms with Crippen LogP contribution in [0.3, 0.4) is 0 Å². The summed E-state index contributed by atoms with van der Waals surface area (Å²) in [5, 5.41) is 0. The summed E-state index contributed by atoms with van der Waals surface area (Å²) in [4.78, 5) is 32.7. The summed E-state index contributed by atoms with van der Waals surface area (Å²) in [6.07, 6.45) is 4.60. The predicted octanol–water partition coefficient (Wildman–Crippen LogP) is 5.78. The summed E-state index contributed by atoms with van der Waals surface area (Å²) < 4.78 is 28.1. The van der Waals surface area contributed by atoms with Crippen molar-refractivity contribution >= 4 is 17.5 Å². The monoisotopic (exact) mass is 547 g/mol. The highest BCUT2D eigenvalue weighted by Crippen LogP contribution is 2.50. The van der Waals surface area contributed by atoms with E-state index in [0.717, 1.165) is 36.8 Å². The van der Waals surface area contributed by atoms with Crippen LogP contribution in [0, 0.1) is 5.92 Å². The summed E-state index contributed by atoms with van der Waals surface area (Å²) in [5.74, 6) is 0.703. The van der Waals surface area contributed by atoms with Crippen LogP contribution in [0.15, 0.2) is 52.7 Å². The molecule has 2 aromatic carbocycles. The minimum atomic E-state index is -0.719. The Labute approximate surface area is 235 Å². The number of benzene rings is 2. The molecule has 5 rings (SSSR count). The third-order valence-corrected chi connectivity index (χ3v) is 8.38. The van der Waals surface area contributed by atoms with Crippen molar-refractivity contribution in [3.05, 3.63) is 58.8 Å². The lowest BCUT2D eigenvalue weighted by atomic mass is 9.69. The van der Waals surface area contributed by atoms with E-state index in [0.29, 0.717) is 52.8 Å². The van der Waals surface area contributed by atoms with Gasteiger partial charge in [-0.3, -0.25) is 14.6 Å². The van der Waals surface area contributed by atoms with Gasteiger partial charge in [-0.05, 0) is 68.7 Å². The zero-order chi connectivity index (χ0) is 28.4.